The van der Waals surface area contributed by atoms with E-state index in [-0.39, 0.29) is 18.8 Å². The van der Waals surface area contributed by atoms with Crippen molar-refractivity contribution in [2.45, 2.75) is 121 Å². The van der Waals surface area contributed by atoms with E-state index in [0.717, 1.165) is 43.0 Å². The molecule has 5 nitrogen and oxygen atoms in total. The van der Waals surface area contributed by atoms with Crippen molar-refractivity contribution in [3.63, 3.8) is 0 Å². The first-order chi connectivity index (χ1) is 14.8. The molecule has 2 aliphatic carbocycles. The van der Waals surface area contributed by atoms with Gasteiger partial charge in [0.2, 0.25) is 0 Å². The van der Waals surface area contributed by atoms with Gasteiger partial charge in [-0.2, -0.15) is 0 Å². The number of phosphoric acid groups is 1. The van der Waals surface area contributed by atoms with E-state index in [1.165, 1.54) is 70.6 Å². The summed E-state index contributed by atoms with van der Waals surface area (Å²) < 4.78 is 23.5. The van der Waals surface area contributed by atoms with Crippen LogP contribution >= 0.6 is 7.82 Å². The zero-order valence-electron chi connectivity index (χ0n) is 20.5. The van der Waals surface area contributed by atoms with Crippen molar-refractivity contribution in [1.82, 2.24) is 0 Å². The van der Waals surface area contributed by atoms with E-state index in [1.54, 1.807) is 5.57 Å². The molecule has 6 heteroatoms. The van der Waals surface area contributed by atoms with Crippen molar-refractivity contribution in [2.75, 3.05) is 27.7 Å². The minimum absolute atomic E-state index is 0.217. The summed E-state index contributed by atoms with van der Waals surface area (Å²) in [5.41, 5.74) is 1.71. The number of phosphoric ester groups is 1. The maximum absolute atomic E-state index is 12.2. The topological polar surface area (TPSA) is 58.6 Å². The molecule has 0 aromatic rings. The van der Waals surface area contributed by atoms with Crippen LogP contribution in [0.2, 0.25) is 0 Å². The highest BCUT2D eigenvalue weighted by Crippen LogP contribution is 2.44. The van der Waals surface area contributed by atoms with E-state index in [2.05, 4.69) is 27.2 Å². The highest BCUT2D eigenvalue weighted by molar-refractivity contribution is 7.45. The Morgan fingerprint density at radius 1 is 0.903 bits per heavy atom. The van der Waals surface area contributed by atoms with Crippen LogP contribution in [0.15, 0.2) is 11.6 Å². The van der Waals surface area contributed by atoms with Crippen LogP contribution < -0.4 is 4.89 Å². The maximum atomic E-state index is 12.2. The Bertz CT molecular complexity index is 564. The first-order valence-corrected chi connectivity index (χ1v) is 14.4. The third-order valence-corrected chi connectivity index (χ3v) is 7.98. The molecule has 0 N–H and O–H groups in total. The molecule has 0 aromatic carbocycles. The van der Waals surface area contributed by atoms with E-state index in [9.17, 15) is 9.46 Å². The van der Waals surface area contributed by atoms with Crippen LogP contribution in [0, 0.1) is 0 Å². The Kier molecular flexibility index (Phi) is 12.4. The summed E-state index contributed by atoms with van der Waals surface area (Å²) >= 11 is 0. The van der Waals surface area contributed by atoms with E-state index >= 15 is 0 Å². The average molecular weight is 458 g/mol. The minimum Gasteiger partial charge on any atom is -0.756 e. The minimum atomic E-state index is -4.20. The van der Waals surface area contributed by atoms with Crippen molar-refractivity contribution in [2.24, 2.45) is 0 Å². The summed E-state index contributed by atoms with van der Waals surface area (Å²) in [6.07, 6.45) is 22.7. The fourth-order valence-corrected chi connectivity index (χ4v) is 6.10. The summed E-state index contributed by atoms with van der Waals surface area (Å²) in [5.74, 6) is 0. The molecule has 0 saturated heterocycles. The average Bonchev–Trinajstić information content (AvgIpc) is 3.17. The predicted octanol–water partition coefficient (Wildman–Crippen LogP) is 6.52. The van der Waals surface area contributed by atoms with Crippen molar-refractivity contribution in [3.8, 4) is 0 Å². The summed E-state index contributed by atoms with van der Waals surface area (Å²) in [5, 5.41) is 0. The summed E-state index contributed by atoms with van der Waals surface area (Å²) in [6, 6.07) is 0.217. The van der Waals surface area contributed by atoms with Gasteiger partial charge >= 0.3 is 0 Å². The van der Waals surface area contributed by atoms with E-state index in [0.29, 0.717) is 0 Å². The van der Waals surface area contributed by atoms with E-state index in [1.807, 2.05) is 0 Å². The smallest absolute Gasteiger partial charge is 0.268 e. The fraction of sp³-hybridized carbons (Fsp3) is 0.920. The van der Waals surface area contributed by atoms with Gasteiger partial charge in [-0.05, 0) is 57.8 Å². The molecule has 182 valence electrons. The molecular formula is C25H48NO4P. The lowest BCUT2D eigenvalue weighted by molar-refractivity contribution is -0.898. The van der Waals surface area contributed by atoms with E-state index < -0.39 is 7.82 Å². The molecular weight excluding hydrogens is 409 g/mol. The van der Waals surface area contributed by atoms with Gasteiger partial charge in [-0.3, -0.25) is 4.57 Å². The molecule has 0 spiro atoms. The molecule has 3 atom stereocenters. The Morgan fingerprint density at radius 3 is 2.16 bits per heavy atom. The Balaban J connectivity index is 1.43. The normalized spacial score (nSPS) is 24.3. The van der Waals surface area contributed by atoms with Crippen LogP contribution in [-0.4, -0.2) is 44.4 Å². The second kappa shape index (κ2) is 14.2. The highest BCUT2D eigenvalue weighted by Gasteiger charge is 2.39. The van der Waals surface area contributed by atoms with Gasteiger partial charge in [-0.25, -0.2) is 0 Å². The van der Waals surface area contributed by atoms with Crippen LogP contribution in [0.1, 0.15) is 109 Å². The van der Waals surface area contributed by atoms with Crippen LogP contribution in [0.25, 0.3) is 0 Å². The Hall–Kier alpha value is -0.190. The zero-order chi connectivity index (χ0) is 22.6. The zero-order valence-corrected chi connectivity index (χ0v) is 21.4. The van der Waals surface area contributed by atoms with Crippen LogP contribution in [0.5, 0.6) is 0 Å². The summed E-state index contributed by atoms with van der Waals surface area (Å²) in [6.45, 7) is 0.247. The monoisotopic (exact) mass is 457 g/mol. The molecule has 0 bridgehead atoms. The fourth-order valence-electron chi connectivity index (χ4n) is 5.11. The number of hydrogen-bond donors (Lipinski definition) is 0. The second-order valence-electron chi connectivity index (χ2n) is 10.6. The van der Waals surface area contributed by atoms with Gasteiger partial charge in [-0.15, -0.1) is 0 Å². The van der Waals surface area contributed by atoms with Gasteiger partial charge in [0.05, 0.1) is 27.7 Å². The molecule has 1 unspecified atom stereocenters. The molecule has 0 amide bonds. The number of likely N-dealkylation sites (N-methyl/N-ethyl adjacent to an activating group) is 1. The second-order valence-corrected chi connectivity index (χ2v) is 11.9. The van der Waals surface area contributed by atoms with Crippen molar-refractivity contribution in [3.05, 3.63) is 11.6 Å². The molecule has 0 heterocycles. The molecule has 0 aliphatic heterocycles. The SMILES string of the molecule is C[N+](C)(C)[C@@H]1CCC[C@H]1OP(=O)([O-])OCCCCCCCCCCC=C1CCCCC1. The number of hydrogen-bond acceptors (Lipinski definition) is 4. The molecule has 2 aliphatic rings. The van der Waals surface area contributed by atoms with Crippen molar-refractivity contribution < 1.29 is 23.0 Å². The molecule has 0 radical (unpaired) electrons. The lowest BCUT2D eigenvalue weighted by Crippen LogP contribution is -2.49. The lowest BCUT2D eigenvalue weighted by atomic mass is 9.94. The quantitative estimate of drug-likeness (QED) is 0.122. The number of rotatable bonds is 15. The highest BCUT2D eigenvalue weighted by atomic mass is 31.2. The number of allylic oxidation sites excluding steroid dienone is 2. The first-order valence-electron chi connectivity index (χ1n) is 12.9. The third kappa shape index (κ3) is 11.5. The predicted molar refractivity (Wildman–Crippen MR) is 127 cm³/mol. The van der Waals surface area contributed by atoms with Gasteiger partial charge in [0, 0.05) is 6.42 Å². The van der Waals surface area contributed by atoms with Crippen molar-refractivity contribution >= 4 is 7.82 Å². The summed E-state index contributed by atoms with van der Waals surface area (Å²) in [4.78, 5) is 12.2. The first kappa shape index (κ1) is 27.1. The van der Waals surface area contributed by atoms with Crippen LogP contribution in [0.3, 0.4) is 0 Å². The third-order valence-electron chi connectivity index (χ3n) is 6.95. The molecule has 0 aromatic heterocycles. The molecule has 31 heavy (non-hydrogen) atoms. The molecule has 2 saturated carbocycles. The Labute approximate surface area is 191 Å². The molecule has 2 rings (SSSR count). The van der Waals surface area contributed by atoms with Gasteiger partial charge in [0.15, 0.2) is 0 Å². The lowest BCUT2D eigenvalue weighted by Gasteiger charge is -2.37. The number of unbranched alkanes of at least 4 members (excludes halogenated alkanes) is 8. The number of nitrogens with zero attached hydrogens (tertiary/aromatic N) is 1. The van der Waals surface area contributed by atoms with Gasteiger partial charge in [0.25, 0.3) is 7.82 Å². The standard InChI is InChI=1S/C25H48NO4P/c1-26(2,3)24-20-16-21-25(24)30-31(27,28)29-22-15-10-8-6-4-5-7-9-12-17-23-18-13-11-14-19-23/h17,24-25H,4-16,18-22H2,1-3H3/t24-,25-/m1/s1. The summed E-state index contributed by atoms with van der Waals surface area (Å²) in [7, 11) is 2.08. The van der Waals surface area contributed by atoms with Crippen molar-refractivity contribution in [1.29, 1.82) is 0 Å². The molecule has 2 fully saturated rings. The van der Waals surface area contributed by atoms with Crippen LogP contribution in [0.4, 0.5) is 0 Å². The Morgan fingerprint density at radius 2 is 1.52 bits per heavy atom. The largest absolute Gasteiger partial charge is 0.756 e. The number of quaternary nitrogens is 1. The van der Waals surface area contributed by atoms with Gasteiger partial charge in [0.1, 0.15) is 12.1 Å². The van der Waals surface area contributed by atoms with Gasteiger partial charge < -0.3 is 18.4 Å². The van der Waals surface area contributed by atoms with E-state index in [4.69, 9.17) is 9.05 Å². The van der Waals surface area contributed by atoms with Crippen LogP contribution in [-0.2, 0) is 13.6 Å². The maximum Gasteiger partial charge on any atom is 0.268 e. The van der Waals surface area contributed by atoms with Gasteiger partial charge in [-0.1, -0.05) is 56.6 Å².